The van der Waals surface area contributed by atoms with Gasteiger partial charge in [-0.3, -0.25) is 0 Å². The number of fused-ring (bicyclic) bond motifs is 13. The molecule has 12 aromatic carbocycles. The molecule has 0 bridgehead atoms. The first-order valence-electron chi connectivity index (χ1n) is 26.2. The number of benzene rings is 12. The van der Waals surface area contributed by atoms with Crippen molar-refractivity contribution in [2.24, 2.45) is 0 Å². The van der Waals surface area contributed by atoms with Crippen molar-refractivity contribution in [3.05, 3.63) is 342 Å². The van der Waals surface area contributed by atoms with Gasteiger partial charge in [0, 0.05) is 17.1 Å². The SMILES string of the molecule is c1ccc(-c2ccc(N(c3ccc(-c4ccccc4)cc3)c3ccc4c(c3)C(c3ccccc3)(c3ccccc3)c3cc5c(c(-c6ccccc6)c3-4)-c3ccccc3C53c4ccccc4-c4ccccc43)cc2)cc1. The molecule has 3 aliphatic rings. The molecular weight excluding hydrogens is 903 g/mol. The summed E-state index contributed by atoms with van der Waals surface area (Å²) in [5.41, 5.74) is 27.3. The largest absolute Gasteiger partial charge is 0.310 e. The molecule has 1 heteroatoms. The van der Waals surface area contributed by atoms with Crippen LogP contribution in [0.25, 0.3) is 66.8 Å². The van der Waals surface area contributed by atoms with Crippen LogP contribution >= 0.6 is 0 Å². The second kappa shape index (κ2) is 17.0. The van der Waals surface area contributed by atoms with Crippen LogP contribution < -0.4 is 4.90 Å². The molecule has 1 spiro atoms. The molecule has 0 N–H and O–H groups in total. The fourth-order valence-corrected chi connectivity index (χ4v) is 13.5. The van der Waals surface area contributed by atoms with Gasteiger partial charge >= 0.3 is 0 Å². The number of rotatable bonds is 8. The van der Waals surface area contributed by atoms with Crippen molar-refractivity contribution in [2.75, 3.05) is 4.90 Å². The van der Waals surface area contributed by atoms with Crippen molar-refractivity contribution in [3.8, 4) is 66.8 Å². The molecule has 1 nitrogen and oxygen atoms in total. The smallest absolute Gasteiger partial charge is 0.0725 e. The predicted octanol–water partition coefficient (Wildman–Crippen LogP) is 18.9. The van der Waals surface area contributed by atoms with Crippen molar-refractivity contribution in [1.82, 2.24) is 0 Å². The zero-order valence-electron chi connectivity index (χ0n) is 41.2. The maximum Gasteiger partial charge on any atom is 0.0725 e. The Morgan fingerprint density at radius 2 is 0.547 bits per heavy atom. The van der Waals surface area contributed by atoms with Crippen molar-refractivity contribution in [3.63, 3.8) is 0 Å². The molecule has 0 unspecified atom stereocenters. The molecule has 0 amide bonds. The highest BCUT2D eigenvalue weighted by molar-refractivity contribution is 6.08. The van der Waals surface area contributed by atoms with Gasteiger partial charge < -0.3 is 4.90 Å². The lowest BCUT2D eigenvalue weighted by Gasteiger charge is -2.36. The molecule has 75 heavy (non-hydrogen) atoms. The maximum absolute atomic E-state index is 2.66. The van der Waals surface area contributed by atoms with Gasteiger partial charge in [-0.1, -0.05) is 261 Å². The number of hydrogen-bond donors (Lipinski definition) is 0. The Morgan fingerprint density at radius 3 is 1.03 bits per heavy atom. The van der Waals surface area contributed by atoms with Gasteiger partial charge in [0.05, 0.1) is 10.8 Å². The third kappa shape index (κ3) is 6.25. The van der Waals surface area contributed by atoms with E-state index in [1.165, 1.54) is 111 Å². The first-order chi connectivity index (χ1) is 37.2. The van der Waals surface area contributed by atoms with Gasteiger partial charge in [0.1, 0.15) is 0 Å². The first kappa shape index (κ1) is 43.1. The summed E-state index contributed by atoms with van der Waals surface area (Å²) in [6.07, 6.45) is 0. The lowest BCUT2D eigenvalue weighted by atomic mass is 9.65. The molecule has 3 aliphatic carbocycles. The average Bonchev–Trinajstić information content (AvgIpc) is 4.11. The van der Waals surface area contributed by atoms with Crippen LogP contribution in [0, 0.1) is 0 Å². The van der Waals surface area contributed by atoms with Crippen LogP contribution in [0.15, 0.2) is 297 Å². The zero-order chi connectivity index (χ0) is 49.5. The molecule has 0 aromatic heterocycles. The molecule has 350 valence electrons. The van der Waals surface area contributed by atoms with E-state index in [0.717, 1.165) is 17.1 Å². The van der Waals surface area contributed by atoms with Crippen molar-refractivity contribution in [1.29, 1.82) is 0 Å². The van der Waals surface area contributed by atoms with Gasteiger partial charge in [0.2, 0.25) is 0 Å². The highest BCUT2D eigenvalue weighted by Gasteiger charge is 2.56. The topological polar surface area (TPSA) is 3.24 Å². The summed E-state index contributed by atoms with van der Waals surface area (Å²) in [7, 11) is 0. The molecule has 0 saturated heterocycles. The molecule has 15 rings (SSSR count). The standard InChI is InChI=1S/C74H49N/c1-6-22-50(23-7-1)52-38-42-57(43-39-52)75(58-44-40-53(41-45-58)51-24-8-2-9-25-51)59-46-47-63-67(48-59)73(55-28-12-4-13-29-55,56-30-14-5-15-31-56)68-49-69-71(70(72(63)68)54-26-10-3-11-27-54)62-34-18-21-37-66(62)74(69)64-35-19-16-32-60(64)61-33-17-20-36-65(61)74/h1-49H. The maximum atomic E-state index is 2.66. The van der Waals surface area contributed by atoms with Gasteiger partial charge in [-0.15, -0.1) is 0 Å². The van der Waals surface area contributed by atoms with Crippen molar-refractivity contribution < 1.29 is 0 Å². The molecule has 0 saturated carbocycles. The highest BCUT2D eigenvalue weighted by atomic mass is 15.1. The minimum Gasteiger partial charge on any atom is -0.310 e. The van der Waals surface area contributed by atoms with Gasteiger partial charge in [-0.25, -0.2) is 0 Å². The Kier molecular flexibility index (Phi) is 9.77. The van der Waals surface area contributed by atoms with Crippen LogP contribution in [0.1, 0.15) is 44.5 Å². The van der Waals surface area contributed by atoms with Gasteiger partial charge in [-0.2, -0.15) is 0 Å². The summed E-state index contributed by atoms with van der Waals surface area (Å²) < 4.78 is 0. The minimum absolute atomic E-state index is 0.550. The lowest BCUT2D eigenvalue weighted by molar-refractivity contribution is 0.753. The van der Waals surface area contributed by atoms with Gasteiger partial charge in [0.25, 0.3) is 0 Å². The first-order valence-corrected chi connectivity index (χ1v) is 26.2. The normalized spacial score (nSPS) is 13.5. The monoisotopic (exact) mass is 951 g/mol. The Bertz CT molecular complexity index is 3960. The molecule has 0 radical (unpaired) electrons. The number of nitrogens with zero attached hydrogens (tertiary/aromatic N) is 1. The van der Waals surface area contributed by atoms with E-state index in [-0.39, 0.29) is 0 Å². The Morgan fingerprint density at radius 1 is 0.200 bits per heavy atom. The van der Waals surface area contributed by atoms with Crippen LogP contribution in [0.5, 0.6) is 0 Å². The Labute approximate surface area is 439 Å². The van der Waals surface area contributed by atoms with Crippen LogP contribution in [0.2, 0.25) is 0 Å². The van der Waals surface area contributed by atoms with E-state index in [4.69, 9.17) is 0 Å². The van der Waals surface area contributed by atoms with E-state index in [1.807, 2.05) is 0 Å². The fraction of sp³-hybridized carbons (Fsp3) is 0.0270. The Hall–Kier alpha value is -9.56. The lowest BCUT2D eigenvalue weighted by Crippen LogP contribution is -2.30. The summed E-state index contributed by atoms with van der Waals surface area (Å²) in [5.74, 6) is 0. The van der Waals surface area contributed by atoms with E-state index in [0.29, 0.717) is 0 Å². The molecule has 0 atom stereocenters. The van der Waals surface area contributed by atoms with Crippen LogP contribution in [-0.2, 0) is 10.8 Å². The second-order valence-corrected chi connectivity index (χ2v) is 20.2. The van der Waals surface area contributed by atoms with Gasteiger partial charge in [-0.05, 0) is 148 Å². The number of hydrogen-bond acceptors (Lipinski definition) is 1. The van der Waals surface area contributed by atoms with E-state index in [9.17, 15) is 0 Å². The summed E-state index contributed by atoms with van der Waals surface area (Å²) >= 11 is 0. The predicted molar refractivity (Wildman–Crippen MR) is 311 cm³/mol. The van der Waals surface area contributed by atoms with Crippen molar-refractivity contribution in [2.45, 2.75) is 10.8 Å². The summed E-state index contributed by atoms with van der Waals surface area (Å²) in [6.45, 7) is 0. The molecule has 0 heterocycles. The van der Waals surface area contributed by atoms with E-state index in [2.05, 4.69) is 302 Å². The highest BCUT2D eigenvalue weighted by Crippen LogP contribution is 2.68. The number of anilines is 3. The third-order valence-corrected chi connectivity index (χ3v) is 16.6. The molecule has 0 fully saturated rings. The molecular formula is C74H49N. The summed E-state index contributed by atoms with van der Waals surface area (Å²) in [5, 5.41) is 0. The average molecular weight is 952 g/mol. The second-order valence-electron chi connectivity index (χ2n) is 20.2. The zero-order valence-corrected chi connectivity index (χ0v) is 41.2. The van der Waals surface area contributed by atoms with Crippen LogP contribution in [-0.4, -0.2) is 0 Å². The minimum atomic E-state index is -0.727. The van der Waals surface area contributed by atoms with E-state index < -0.39 is 10.8 Å². The summed E-state index contributed by atoms with van der Waals surface area (Å²) in [6, 6.07) is 111. The molecule has 0 aliphatic heterocycles. The van der Waals surface area contributed by atoms with Crippen LogP contribution in [0.4, 0.5) is 17.1 Å². The Balaban J connectivity index is 1.05. The summed E-state index contributed by atoms with van der Waals surface area (Å²) in [4.78, 5) is 2.45. The molecule has 12 aromatic rings. The third-order valence-electron chi connectivity index (χ3n) is 16.6. The van der Waals surface area contributed by atoms with E-state index in [1.54, 1.807) is 0 Å². The van der Waals surface area contributed by atoms with Gasteiger partial charge in [0.15, 0.2) is 0 Å². The van der Waals surface area contributed by atoms with Crippen LogP contribution in [0.3, 0.4) is 0 Å². The quantitative estimate of drug-likeness (QED) is 0.147. The van der Waals surface area contributed by atoms with Crippen molar-refractivity contribution >= 4 is 17.1 Å². The fourth-order valence-electron chi connectivity index (χ4n) is 13.5. The van der Waals surface area contributed by atoms with E-state index >= 15 is 0 Å².